The first-order valence-corrected chi connectivity index (χ1v) is 7.33. The quantitative estimate of drug-likeness (QED) is 0.662. The second-order valence-corrected chi connectivity index (χ2v) is 5.57. The van der Waals surface area contributed by atoms with Crippen molar-refractivity contribution in [1.29, 1.82) is 0 Å². The average molecular weight is 344 g/mol. The van der Waals surface area contributed by atoms with Crippen LogP contribution in [0.1, 0.15) is 5.56 Å². The van der Waals surface area contributed by atoms with Crippen LogP contribution in [-0.4, -0.2) is 12.1 Å². The highest BCUT2D eigenvalue weighted by Gasteiger charge is 2.07. The zero-order valence-corrected chi connectivity index (χ0v) is 13.3. The normalized spacial score (nSPS) is 10.6. The van der Waals surface area contributed by atoms with Gasteiger partial charge in [0.15, 0.2) is 0 Å². The molecule has 2 aromatic carbocycles. The second-order valence-electron chi connectivity index (χ2n) is 4.72. The fraction of sp³-hybridized carbons (Fsp3) is 0.118. The minimum atomic E-state index is 0.594. The smallest absolute Gasteiger partial charge is 0.227 e. The Morgan fingerprint density at radius 2 is 1.81 bits per heavy atom. The van der Waals surface area contributed by atoms with Crippen LogP contribution in [-0.2, 0) is 0 Å². The molecule has 3 nitrogen and oxygen atoms in total. The molecule has 0 saturated carbocycles. The molecule has 1 heterocycles. The first kappa shape index (κ1) is 13.9. The summed E-state index contributed by atoms with van der Waals surface area (Å²) in [6.45, 7) is 2.03. The molecule has 0 aliphatic rings. The fourth-order valence-corrected chi connectivity index (χ4v) is 2.38. The maximum absolute atomic E-state index is 5.93. The SMILES string of the molecule is COc1ccc2c(Oc3ccc(Br)c(C)c3)nccc2c1. The molecular weight excluding hydrogens is 330 g/mol. The van der Waals surface area contributed by atoms with Crippen molar-refractivity contribution in [3.05, 3.63) is 58.7 Å². The van der Waals surface area contributed by atoms with Gasteiger partial charge in [-0.05, 0) is 60.3 Å². The third-order valence-electron chi connectivity index (χ3n) is 3.28. The molecule has 0 saturated heterocycles. The van der Waals surface area contributed by atoms with E-state index >= 15 is 0 Å². The molecule has 0 atom stereocenters. The minimum absolute atomic E-state index is 0.594. The summed E-state index contributed by atoms with van der Waals surface area (Å²) in [6, 6.07) is 13.6. The molecule has 1 aromatic heterocycles. The summed E-state index contributed by atoms with van der Waals surface area (Å²) in [7, 11) is 1.66. The molecule has 0 aliphatic carbocycles. The summed E-state index contributed by atoms with van der Waals surface area (Å²) < 4.78 is 12.2. The Morgan fingerprint density at radius 1 is 1.00 bits per heavy atom. The van der Waals surface area contributed by atoms with Crippen molar-refractivity contribution in [2.24, 2.45) is 0 Å². The molecule has 0 spiro atoms. The number of pyridine rings is 1. The molecule has 3 rings (SSSR count). The van der Waals surface area contributed by atoms with E-state index in [1.165, 1.54) is 0 Å². The maximum Gasteiger partial charge on any atom is 0.227 e. The van der Waals surface area contributed by atoms with Crippen molar-refractivity contribution in [3.8, 4) is 17.4 Å². The van der Waals surface area contributed by atoms with Crippen molar-refractivity contribution >= 4 is 26.7 Å². The molecule has 4 heteroatoms. The predicted molar refractivity (Wildman–Crippen MR) is 87.2 cm³/mol. The molecule has 106 valence electrons. The standard InChI is InChI=1S/C17H14BrNO2/c1-11-9-14(4-6-16(11)18)21-17-15-5-3-13(20-2)10-12(15)7-8-19-17/h3-10H,1-2H3. The molecule has 0 N–H and O–H groups in total. The monoisotopic (exact) mass is 343 g/mol. The molecule has 0 fully saturated rings. The van der Waals surface area contributed by atoms with E-state index in [4.69, 9.17) is 9.47 Å². The lowest BCUT2D eigenvalue weighted by molar-refractivity contribution is 0.415. The van der Waals surface area contributed by atoms with Gasteiger partial charge < -0.3 is 9.47 Å². The Bertz CT molecular complexity index is 802. The lowest BCUT2D eigenvalue weighted by Gasteiger charge is -2.09. The van der Waals surface area contributed by atoms with Crippen LogP contribution >= 0.6 is 15.9 Å². The first-order chi connectivity index (χ1) is 10.2. The van der Waals surface area contributed by atoms with Crippen LogP contribution in [0.15, 0.2) is 53.1 Å². The van der Waals surface area contributed by atoms with Gasteiger partial charge in [0, 0.05) is 16.1 Å². The van der Waals surface area contributed by atoms with Crippen LogP contribution in [0.2, 0.25) is 0 Å². The van der Waals surface area contributed by atoms with E-state index in [9.17, 15) is 0 Å². The van der Waals surface area contributed by atoms with Gasteiger partial charge >= 0.3 is 0 Å². The topological polar surface area (TPSA) is 31.4 Å². The third kappa shape index (κ3) is 2.85. The summed E-state index contributed by atoms with van der Waals surface area (Å²) in [5.41, 5.74) is 1.12. The van der Waals surface area contributed by atoms with E-state index in [1.807, 2.05) is 49.4 Å². The number of halogens is 1. The van der Waals surface area contributed by atoms with Gasteiger partial charge in [-0.25, -0.2) is 4.98 Å². The molecule has 0 aliphatic heterocycles. The molecule has 0 radical (unpaired) electrons. The Morgan fingerprint density at radius 3 is 2.57 bits per heavy atom. The summed E-state index contributed by atoms with van der Waals surface area (Å²) in [5.74, 6) is 2.18. The van der Waals surface area contributed by atoms with Crippen LogP contribution in [0.25, 0.3) is 10.8 Å². The average Bonchev–Trinajstić information content (AvgIpc) is 2.50. The molecule has 3 aromatic rings. The van der Waals surface area contributed by atoms with E-state index in [0.29, 0.717) is 5.88 Å². The van der Waals surface area contributed by atoms with Gasteiger partial charge in [0.25, 0.3) is 0 Å². The lowest BCUT2D eigenvalue weighted by Crippen LogP contribution is -1.91. The Labute approximate surface area is 131 Å². The molecule has 21 heavy (non-hydrogen) atoms. The highest BCUT2D eigenvalue weighted by atomic mass is 79.9. The van der Waals surface area contributed by atoms with Gasteiger partial charge in [-0.3, -0.25) is 0 Å². The van der Waals surface area contributed by atoms with Crippen LogP contribution < -0.4 is 9.47 Å². The Balaban J connectivity index is 2.02. The van der Waals surface area contributed by atoms with Gasteiger partial charge in [-0.1, -0.05) is 15.9 Å². The number of rotatable bonds is 3. The molecular formula is C17H14BrNO2. The summed E-state index contributed by atoms with van der Waals surface area (Å²) in [4.78, 5) is 4.34. The first-order valence-electron chi connectivity index (χ1n) is 6.54. The third-order valence-corrected chi connectivity index (χ3v) is 4.17. The molecule has 0 bridgehead atoms. The van der Waals surface area contributed by atoms with Gasteiger partial charge in [0.1, 0.15) is 11.5 Å². The van der Waals surface area contributed by atoms with E-state index in [1.54, 1.807) is 13.3 Å². The lowest BCUT2D eigenvalue weighted by atomic mass is 10.1. The number of ether oxygens (including phenoxy) is 2. The maximum atomic E-state index is 5.93. The number of aromatic nitrogens is 1. The van der Waals surface area contributed by atoms with E-state index in [-0.39, 0.29) is 0 Å². The Hall–Kier alpha value is -2.07. The fourth-order valence-electron chi connectivity index (χ4n) is 2.13. The van der Waals surface area contributed by atoms with Crippen LogP contribution in [0.5, 0.6) is 17.4 Å². The molecule has 0 amide bonds. The number of fused-ring (bicyclic) bond motifs is 1. The van der Waals surface area contributed by atoms with E-state index in [0.717, 1.165) is 32.3 Å². The number of hydrogen-bond donors (Lipinski definition) is 0. The predicted octanol–water partition coefficient (Wildman–Crippen LogP) is 5.11. The number of methoxy groups -OCH3 is 1. The van der Waals surface area contributed by atoms with Crippen LogP contribution in [0, 0.1) is 6.92 Å². The zero-order chi connectivity index (χ0) is 14.8. The summed E-state index contributed by atoms with van der Waals surface area (Å²) in [5, 5.41) is 1.99. The highest BCUT2D eigenvalue weighted by Crippen LogP contribution is 2.31. The number of nitrogens with zero attached hydrogens (tertiary/aromatic N) is 1. The largest absolute Gasteiger partial charge is 0.497 e. The van der Waals surface area contributed by atoms with Crippen molar-refractivity contribution in [3.63, 3.8) is 0 Å². The molecule has 0 unspecified atom stereocenters. The van der Waals surface area contributed by atoms with Gasteiger partial charge in [0.2, 0.25) is 5.88 Å². The summed E-state index contributed by atoms with van der Waals surface area (Å²) in [6.07, 6.45) is 1.74. The number of aryl methyl sites for hydroxylation is 1. The van der Waals surface area contributed by atoms with Gasteiger partial charge in [-0.2, -0.15) is 0 Å². The second kappa shape index (κ2) is 5.74. The van der Waals surface area contributed by atoms with Crippen LogP contribution in [0.4, 0.5) is 0 Å². The van der Waals surface area contributed by atoms with Crippen molar-refractivity contribution in [2.45, 2.75) is 6.92 Å². The number of hydrogen-bond acceptors (Lipinski definition) is 3. The number of benzene rings is 2. The Kier molecular flexibility index (Phi) is 3.80. The van der Waals surface area contributed by atoms with Crippen molar-refractivity contribution < 1.29 is 9.47 Å². The van der Waals surface area contributed by atoms with E-state index in [2.05, 4.69) is 20.9 Å². The minimum Gasteiger partial charge on any atom is -0.497 e. The van der Waals surface area contributed by atoms with Crippen molar-refractivity contribution in [2.75, 3.05) is 7.11 Å². The zero-order valence-electron chi connectivity index (χ0n) is 11.8. The highest BCUT2D eigenvalue weighted by molar-refractivity contribution is 9.10. The van der Waals surface area contributed by atoms with Gasteiger partial charge in [0.05, 0.1) is 7.11 Å². The van der Waals surface area contributed by atoms with Crippen LogP contribution in [0.3, 0.4) is 0 Å². The van der Waals surface area contributed by atoms with Gasteiger partial charge in [-0.15, -0.1) is 0 Å². The van der Waals surface area contributed by atoms with E-state index < -0.39 is 0 Å². The van der Waals surface area contributed by atoms with Crippen molar-refractivity contribution in [1.82, 2.24) is 4.98 Å². The summed E-state index contributed by atoms with van der Waals surface area (Å²) >= 11 is 3.49.